The summed E-state index contributed by atoms with van der Waals surface area (Å²) in [5, 5.41) is 9.65. The number of hydrogen-bond acceptors (Lipinski definition) is 5. The number of aryl methyl sites for hydroxylation is 1. The number of hydrogen-bond donors (Lipinski definition) is 2. The van der Waals surface area contributed by atoms with Gasteiger partial charge >= 0.3 is 11.9 Å². The van der Waals surface area contributed by atoms with Crippen LogP contribution in [0.25, 0.3) is 0 Å². The van der Waals surface area contributed by atoms with Crippen molar-refractivity contribution in [1.29, 1.82) is 0 Å². The smallest absolute Gasteiger partial charge is 0.340 e. The summed E-state index contributed by atoms with van der Waals surface area (Å²) in [6.07, 6.45) is -0.288. The first-order valence-electron chi connectivity index (χ1n) is 8.46. The van der Waals surface area contributed by atoms with Crippen LogP contribution in [-0.2, 0) is 22.6 Å². The van der Waals surface area contributed by atoms with Crippen molar-refractivity contribution in [3.8, 4) is 5.75 Å². The van der Waals surface area contributed by atoms with E-state index < -0.39 is 23.1 Å². The molecule has 0 aliphatic carbocycles. The van der Waals surface area contributed by atoms with Crippen molar-refractivity contribution in [1.82, 2.24) is 4.98 Å². The number of carbonyl (C=O) groups excluding carboxylic acids is 1. The number of pyridine rings is 1. The van der Waals surface area contributed by atoms with Gasteiger partial charge in [0.2, 0.25) is 0 Å². The minimum Gasteiger partial charge on any atom is -0.482 e. The van der Waals surface area contributed by atoms with Gasteiger partial charge in [0.05, 0.1) is 6.42 Å². The summed E-state index contributed by atoms with van der Waals surface area (Å²) < 4.78 is 10.8. The summed E-state index contributed by atoms with van der Waals surface area (Å²) in [5.41, 5.74) is -0.451. The van der Waals surface area contributed by atoms with Crippen LogP contribution in [0, 0.1) is 6.92 Å². The van der Waals surface area contributed by atoms with E-state index in [-0.39, 0.29) is 35.6 Å². The van der Waals surface area contributed by atoms with Crippen molar-refractivity contribution >= 4 is 11.9 Å². The molecule has 1 aromatic heterocycles. The van der Waals surface area contributed by atoms with Crippen molar-refractivity contribution < 1.29 is 24.2 Å². The van der Waals surface area contributed by atoms with E-state index in [0.717, 1.165) is 5.56 Å². The second-order valence-electron chi connectivity index (χ2n) is 7.10. The number of esters is 1. The Morgan fingerprint density at radius 1 is 1.15 bits per heavy atom. The number of carbonyl (C=O) groups is 2. The van der Waals surface area contributed by atoms with E-state index in [0.29, 0.717) is 0 Å². The Morgan fingerprint density at radius 3 is 2.33 bits per heavy atom. The van der Waals surface area contributed by atoms with Crippen molar-refractivity contribution in [2.75, 3.05) is 0 Å². The molecule has 1 heterocycles. The minimum absolute atomic E-state index is 0.0269. The average Bonchev–Trinajstić information content (AvgIpc) is 2.55. The SMILES string of the molecule is Cc1[nH]c(=O)c(OCc2ccccc2)c(C(=O)O)c1CC(=O)OC(C)(C)C. The number of carboxylic acids is 1. The molecule has 27 heavy (non-hydrogen) atoms. The van der Waals surface area contributed by atoms with E-state index in [2.05, 4.69) is 4.98 Å². The molecule has 0 unspecified atom stereocenters. The van der Waals surface area contributed by atoms with Crippen molar-refractivity contribution in [3.05, 3.63) is 63.1 Å². The second kappa shape index (κ2) is 8.07. The maximum absolute atomic E-state index is 12.3. The van der Waals surface area contributed by atoms with E-state index >= 15 is 0 Å². The van der Waals surface area contributed by atoms with Gasteiger partial charge in [-0.2, -0.15) is 0 Å². The van der Waals surface area contributed by atoms with E-state index in [1.807, 2.05) is 18.2 Å². The third kappa shape index (κ3) is 5.44. The van der Waals surface area contributed by atoms with Gasteiger partial charge in [-0.15, -0.1) is 0 Å². The molecule has 0 aliphatic rings. The van der Waals surface area contributed by atoms with E-state index in [9.17, 15) is 19.5 Å². The number of benzene rings is 1. The molecule has 0 saturated heterocycles. The fourth-order valence-corrected chi connectivity index (χ4v) is 2.58. The monoisotopic (exact) mass is 373 g/mol. The highest BCUT2D eigenvalue weighted by Gasteiger charge is 2.26. The minimum atomic E-state index is -1.34. The van der Waals surface area contributed by atoms with Crippen LogP contribution in [0.2, 0.25) is 0 Å². The molecule has 0 saturated carbocycles. The van der Waals surface area contributed by atoms with E-state index in [1.165, 1.54) is 6.92 Å². The highest BCUT2D eigenvalue weighted by Crippen LogP contribution is 2.23. The Morgan fingerprint density at radius 2 is 1.78 bits per heavy atom. The summed E-state index contributed by atoms with van der Waals surface area (Å²) in [4.78, 5) is 38.9. The molecule has 0 fully saturated rings. The summed E-state index contributed by atoms with van der Waals surface area (Å²) >= 11 is 0. The van der Waals surface area contributed by atoms with E-state index in [4.69, 9.17) is 9.47 Å². The third-order valence-electron chi connectivity index (χ3n) is 3.67. The second-order valence-corrected chi connectivity index (χ2v) is 7.10. The molecule has 1 aromatic carbocycles. The fourth-order valence-electron chi connectivity index (χ4n) is 2.58. The highest BCUT2D eigenvalue weighted by molar-refractivity contribution is 5.94. The quantitative estimate of drug-likeness (QED) is 0.754. The number of ether oxygens (including phenoxy) is 2. The van der Waals surface area contributed by atoms with Crippen LogP contribution >= 0.6 is 0 Å². The van der Waals surface area contributed by atoms with Gasteiger partial charge in [-0.25, -0.2) is 4.79 Å². The lowest BCUT2D eigenvalue weighted by Crippen LogP contribution is -2.27. The number of aromatic carboxylic acids is 1. The zero-order valence-corrected chi connectivity index (χ0v) is 15.8. The molecule has 0 atom stereocenters. The van der Waals surface area contributed by atoms with Gasteiger partial charge < -0.3 is 19.6 Å². The number of H-pyrrole nitrogens is 1. The zero-order valence-electron chi connectivity index (χ0n) is 15.8. The summed E-state index contributed by atoms with van der Waals surface area (Å²) in [6, 6.07) is 9.05. The summed E-state index contributed by atoms with van der Waals surface area (Å²) in [7, 11) is 0. The lowest BCUT2D eigenvalue weighted by atomic mass is 10.0. The van der Waals surface area contributed by atoms with Crippen LogP contribution in [0.15, 0.2) is 35.1 Å². The molecule has 0 radical (unpaired) electrons. The number of aromatic amines is 1. The van der Waals surface area contributed by atoms with Gasteiger partial charge in [0, 0.05) is 11.3 Å². The van der Waals surface area contributed by atoms with Crippen LogP contribution in [-0.4, -0.2) is 27.6 Å². The first-order valence-corrected chi connectivity index (χ1v) is 8.46. The average molecular weight is 373 g/mol. The molecule has 2 aromatic rings. The summed E-state index contributed by atoms with van der Waals surface area (Å²) in [6.45, 7) is 6.72. The van der Waals surface area contributed by atoms with Gasteiger partial charge in [0.25, 0.3) is 5.56 Å². The number of carboxylic acid groups (broad SMARTS) is 1. The van der Waals surface area contributed by atoms with Gasteiger partial charge in [0.15, 0.2) is 5.75 Å². The first kappa shape index (κ1) is 20.2. The first-order chi connectivity index (χ1) is 12.6. The lowest BCUT2D eigenvalue weighted by molar-refractivity contribution is -0.153. The predicted molar refractivity (Wildman–Crippen MR) is 99.1 cm³/mol. The molecule has 2 rings (SSSR count). The number of nitrogens with one attached hydrogen (secondary N) is 1. The molecule has 7 heteroatoms. The molecule has 7 nitrogen and oxygen atoms in total. The van der Waals surface area contributed by atoms with Crippen molar-refractivity contribution in [3.63, 3.8) is 0 Å². The number of aromatic nitrogens is 1. The molecule has 0 aliphatic heterocycles. The molecular weight excluding hydrogens is 350 g/mol. The molecule has 144 valence electrons. The van der Waals surface area contributed by atoms with E-state index in [1.54, 1.807) is 32.9 Å². The normalized spacial score (nSPS) is 11.1. The number of rotatable bonds is 6. The van der Waals surface area contributed by atoms with Crippen molar-refractivity contribution in [2.45, 2.75) is 46.3 Å². The summed E-state index contributed by atoms with van der Waals surface area (Å²) in [5.74, 6) is -2.25. The topological polar surface area (TPSA) is 106 Å². The lowest BCUT2D eigenvalue weighted by Gasteiger charge is -2.20. The van der Waals surface area contributed by atoms with Gasteiger partial charge in [-0.05, 0) is 33.3 Å². The Balaban J connectivity index is 2.40. The molecule has 0 amide bonds. The van der Waals surface area contributed by atoms with Crippen LogP contribution < -0.4 is 10.3 Å². The van der Waals surface area contributed by atoms with Gasteiger partial charge in [-0.3, -0.25) is 9.59 Å². The van der Waals surface area contributed by atoms with Crippen LogP contribution in [0.5, 0.6) is 5.75 Å². The highest BCUT2D eigenvalue weighted by atomic mass is 16.6. The molecule has 0 spiro atoms. The van der Waals surface area contributed by atoms with Crippen LogP contribution in [0.3, 0.4) is 0 Å². The fraction of sp³-hybridized carbons (Fsp3) is 0.350. The predicted octanol–water partition coefficient (Wildman–Crippen LogP) is 2.84. The molecule has 0 bridgehead atoms. The largest absolute Gasteiger partial charge is 0.482 e. The third-order valence-corrected chi connectivity index (χ3v) is 3.67. The Kier molecular flexibility index (Phi) is 6.05. The molecule has 2 N–H and O–H groups in total. The van der Waals surface area contributed by atoms with Gasteiger partial charge in [0.1, 0.15) is 17.8 Å². The Labute approximate surface area is 156 Å². The maximum atomic E-state index is 12.3. The maximum Gasteiger partial charge on any atom is 0.340 e. The van der Waals surface area contributed by atoms with Crippen molar-refractivity contribution in [2.24, 2.45) is 0 Å². The standard InChI is InChI=1S/C20H23NO6/c1-12-14(10-15(22)27-20(2,3)4)16(19(24)25)17(18(23)21-12)26-11-13-8-6-5-7-9-13/h5-9H,10-11H2,1-4H3,(H,21,23)(H,24,25). The van der Waals surface area contributed by atoms with Gasteiger partial charge in [-0.1, -0.05) is 30.3 Å². The molecular formula is C20H23NO6. The Bertz CT molecular complexity index is 893. The van der Waals surface area contributed by atoms with Crippen LogP contribution in [0.1, 0.15) is 48.0 Å². The van der Waals surface area contributed by atoms with Crippen LogP contribution in [0.4, 0.5) is 0 Å². The Hall–Kier alpha value is -3.09. The zero-order chi connectivity index (χ0) is 20.2.